The molecule has 0 saturated carbocycles. The van der Waals surface area contributed by atoms with Crippen LogP contribution in [0, 0.1) is 0 Å². The van der Waals surface area contributed by atoms with Crippen LogP contribution in [-0.4, -0.2) is 24.6 Å². The van der Waals surface area contributed by atoms with Gasteiger partial charge in [0.2, 0.25) is 0 Å². The molecule has 0 spiro atoms. The number of nitrogens with one attached hydrogen (secondary N) is 1. The first-order chi connectivity index (χ1) is 13.1. The molecule has 1 amide bonds. The lowest BCUT2D eigenvalue weighted by atomic mass is 9.87. The first kappa shape index (κ1) is 21.8. The minimum absolute atomic E-state index is 0.0496. The molecule has 0 aliphatic carbocycles. The largest absolute Gasteiger partial charge is 0.481 e. The zero-order valence-corrected chi connectivity index (χ0v) is 17.6. The maximum Gasteiger partial charge on any atom is 0.338 e. The van der Waals surface area contributed by atoms with Gasteiger partial charge < -0.3 is 14.8 Å². The molecule has 0 saturated heterocycles. The zero-order chi connectivity index (χ0) is 20.9. The molecule has 0 unspecified atom stereocenters. The summed E-state index contributed by atoms with van der Waals surface area (Å²) >= 11 is 6.18. The molecule has 1 atom stereocenters. The smallest absolute Gasteiger partial charge is 0.338 e. The number of esters is 1. The van der Waals surface area contributed by atoms with Gasteiger partial charge in [-0.2, -0.15) is 0 Å². The second kappa shape index (κ2) is 9.11. The van der Waals surface area contributed by atoms with Gasteiger partial charge in [-0.25, -0.2) is 4.79 Å². The van der Waals surface area contributed by atoms with Crippen LogP contribution in [0.3, 0.4) is 0 Å². The Labute approximate surface area is 171 Å². The quantitative estimate of drug-likeness (QED) is 0.671. The Morgan fingerprint density at radius 2 is 1.75 bits per heavy atom. The van der Waals surface area contributed by atoms with Gasteiger partial charge in [0.25, 0.3) is 5.91 Å². The van der Waals surface area contributed by atoms with Crippen LogP contribution in [0.25, 0.3) is 0 Å². The number of hydrogen-bond donors (Lipinski definition) is 1. The molecule has 0 heterocycles. The number of benzene rings is 2. The minimum atomic E-state index is -0.721. The lowest BCUT2D eigenvalue weighted by Crippen LogP contribution is -2.30. The number of hydrogen-bond acceptors (Lipinski definition) is 4. The van der Waals surface area contributed by atoms with Gasteiger partial charge in [-0.3, -0.25) is 4.79 Å². The van der Waals surface area contributed by atoms with Crippen molar-refractivity contribution in [1.29, 1.82) is 0 Å². The predicted molar refractivity (Wildman–Crippen MR) is 111 cm³/mol. The second-order valence-electron chi connectivity index (χ2n) is 7.44. The summed E-state index contributed by atoms with van der Waals surface area (Å²) in [5.41, 5.74) is 1.96. The Kier molecular flexibility index (Phi) is 7.08. The van der Waals surface area contributed by atoms with E-state index in [1.54, 1.807) is 26.0 Å². The highest BCUT2D eigenvalue weighted by Gasteiger charge is 2.18. The maximum absolute atomic E-state index is 12.4. The number of anilines is 1. The van der Waals surface area contributed by atoms with Gasteiger partial charge in [0.05, 0.1) is 22.9 Å². The van der Waals surface area contributed by atoms with E-state index in [-0.39, 0.29) is 23.0 Å². The van der Waals surface area contributed by atoms with Crippen LogP contribution in [0.2, 0.25) is 5.02 Å². The maximum atomic E-state index is 12.4. The molecule has 2 aromatic rings. The average molecular weight is 404 g/mol. The molecule has 0 bridgehead atoms. The highest BCUT2D eigenvalue weighted by Crippen LogP contribution is 2.26. The third-order valence-corrected chi connectivity index (χ3v) is 4.45. The van der Waals surface area contributed by atoms with E-state index in [1.807, 2.05) is 24.3 Å². The normalized spacial score (nSPS) is 12.2. The van der Waals surface area contributed by atoms with Gasteiger partial charge >= 0.3 is 5.97 Å². The van der Waals surface area contributed by atoms with E-state index in [0.29, 0.717) is 17.0 Å². The first-order valence-electron chi connectivity index (χ1n) is 9.16. The third kappa shape index (κ3) is 5.73. The molecular weight excluding hydrogens is 378 g/mol. The summed E-state index contributed by atoms with van der Waals surface area (Å²) in [6.07, 6.45) is -0.721. The lowest BCUT2D eigenvalue weighted by molar-refractivity contribution is -0.122. The van der Waals surface area contributed by atoms with E-state index >= 15 is 0 Å². The van der Waals surface area contributed by atoms with Crippen molar-refractivity contribution >= 4 is 29.2 Å². The highest BCUT2D eigenvalue weighted by molar-refractivity contribution is 6.34. The Morgan fingerprint density at radius 3 is 2.29 bits per heavy atom. The summed E-state index contributed by atoms with van der Waals surface area (Å²) in [7, 11) is 0. The molecule has 6 heteroatoms. The lowest BCUT2D eigenvalue weighted by Gasteiger charge is -2.20. The molecule has 0 aliphatic rings. The van der Waals surface area contributed by atoms with Crippen molar-refractivity contribution in [2.24, 2.45) is 0 Å². The van der Waals surface area contributed by atoms with Crippen molar-refractivity contribution in [3.63, 3.8) is 0 Å². The van der Waals surface area contributed by atoms with Crippen LogP contribution >= 0.6 is 11.6 Å². The molecule has 0 aromatic heterocycles. The van der Waals surface area contributed by atoms with Gasteiger partial charge in [-0.1, -0.05) is 44.5 Å². The van der Waals surface area contributed by atoms with Crippen molar-refractivity contribution < 1.29 is 19.1 Å². The van der Waals surface area contributed by atoms with Crippen molar-refractivity contribution in [2.75, 3.05) is 11.9 Å². The molecule has 1 N–H and O–H groups in total. The van der Waals surface area contributed by atoms with Crippen LogP contribution in [0.5, 0.6) is 5.75 Å². The standard InChI is InChI=1S/C22H26ClNO4/c1-6-27-21(26)15-7-12-19(18(23)13-15)24-20(25)14(2)28-17-10-8-16(9-11-17)22(3,4)5/h7-14H,6H2,1-5H3,(H,24,25)/t14-/m1/s1. The van der Waals surface area contributed by atoms with Gasteiger partial charge in [-0.15, -0.1) is 0 Å². The topological polar surface area (TPSA) is 64.6 Å². The fraction of sp³-hybridized carbons (Fsp3) is 0.364. The van der Waals surface area contributed by atoms with Crippen molar-refractivity contribution in [2.45, 2.75) is 46.1 Å². The molecule has 28 heavy (non-hydrogen) atoms. The Hall–Kier alpha value is -2.53. The SMILES string of the molecule is CCOC(=O)c1ccc(NC(=O)[C@@H](C)Oc2ccc(C(C)(C)C)cc2)c(Cl)c1. The summed E-state index contributed by atoms with van der Waals surface area (Å²) in [5.74, 6) is -0.192. The Balaban J connectivity index is 2.01. The summed E-state index contributed by atoms with van der Waals surface area (Å²) in [5, 5.41) is 2.97. The number of carbonyl (C=O) groups excluding carboxylic acids is 2. The fourth-order valence-corrected chi connectivity index (χ4v) is 2.71. The number of halogens is 1. The van der Waals surface area contributed by atoms with Crippen LogP contribution in [0.15, 0.2) is 42.5 Å². The minimum Gasteiger partial charge on any atom is -0.481 e. The number of ether oxygens (including phenoxy) is 2. The van der Waals surface area contributed by atoms with Crippen LogP contribution in [-0.2, 0) is 14.9 Å². The summed E-state index contributed by atoms with van der Waals surface area (Å²) < 4.78 is 10.7. The summed E-state index contributed by atoms with van der Waals surface area (Å²) in [4.78, 5) is 24.2. The van der Waals surface area contributed by atoms with E-state index in [9.17, 15) is 9.59 Å². The molecule has 150 valence electrons. The number of rotatable bonds is 6. The second-order valence-corrected chi connectivity index (χ2v) is 7.85. The monoisotopic (exact) mass is 403 g/mol. The summed E-state index contributed by atoms with van der Waals surface area (Å²) in [6.45, 7) is 10.1. The average Bonchev–Trinajstić information content (AvgIpc) is 2.63. The molecule has 0 aliphatic heterocycles. The van der Waals surface area contributed by atoms with Crippen LogP contribution in [0.1, 0.15) is 50.5 Å². The fourth-order valence-electron chi connectivity index (χ4n) is 2.48. The number of amides is 1. The highest BCUT2D eigenvalue weighted by atomic mass is 35.5. The molecular formula is C22H26ClNO4. The van der Waals surface area contributed by atoms with E-state index in [1.165, 1.54) is 11.6 Å². The zero-order valence-electron chi connectivity index (χ0n) is 16.8. The molecule has 2 rings (SSSR count). The predicted octanol–water partition coefficient (Wildman–Crippen LogP) is 5.22. The molecule has 5 nitrogen and oxygen atoms in total. The van der Waals surface area contributed by atoms with Gasteiger partial charge in [0.15, 0.2) is 6.10 Å². The van der Waals surface area contributed by atoms with Crippen LogP contribution < -0.4 is 10.1 Å². The van der Waals surface area contributed by atoms with E-state index in [0.717, 1.165) is 0 Å². The van der Waals surface area contributed by atoms with E-state index < -0.39 is 12.1 Å². The third-order valence-electron chi connectivity index (χ3n) is 4.14. The summed E-state index contributed by atoms with van der Waals surface area (Å²) in [6, 6.07) is 12.3. The Bertz CT molecular complexity index is 841. The van der Waals surface area contributed by atoms with Gasteiger partial charge in [-0.05, 0) is 55.2 Å². The molecule has 2 aromatic carbocycles. The first-order valence-corrected chi connectivity index (χ1v) is 9.54. The van der Waals surface area contributed by atoms with Crippen molar-refractivity contribution in [1.82, 2.24) is 0 Å². The van der Waals surface area contributed by atoms with Gasteiger partial charge in [0, 0.05) is 0 Å². The molecule has 0 fully saturated rings. The van der Waals surface area contributed by atoms with Crippen LogP contribution in [0.4, 0.5) is 5.69 Å². The Morgan fingerprint density at radius 1 is 1.11 bits per heavy atom. The van der Waals surface area contributed by atoms with E-state index in [4.69, 9.17) is 21.1 Å². The van der Waals surface area contributed by atoms with Crippen molar-refractivity contribution in [3.05, 3.63) is 58.6 Å². The van der Waals surface area contributed by atoms with Crippen molar-refractivity contribution in [3.8, 4) is 5.75 Å². The molecule has 0 radical (unpaired) electrons. The van der Waals surface area contributed by atoms with Gasteiger partial charge in [0.1, 0.15) is 5.75 Å². The number of carbonyl (C=O) groups is 2. The van der Waals surface area contributed by atoms with E-state index in [2.05, 4.69) is 26.1 Å².